The van der Waals surface area contributed by atoms with E-state index in [4.69, 9.17) is 0 Å². The third kappa shape index (κ3) is 3.20. The fourth-order valence-corrected chi connectivity index (χ4v) is 5.26. The molecule has 1 N–H and O–H groups in total. The Hall–Kier alpha value is -3.45. The van der Waals surface area contributed by atoms with Crippen molar-refractivity contribution in [3.05, 3.63) is 88.7 Å². The van der Waals surface area contributed by atoms with Gasteiger partial charge in [0.25, 0.3) is 5.91 Å². The molecule has 5 rings (SSSR count). The second-order valence-electron chi connectivity index (χ2n) is 8.31. The Morgan fingerprint density at radius 1 is 1.16 bits per heavy atom. The van der Waals surface area contributed by atoms with Crippen LogP contribution in [0.2, 0.25) is 0 Å². The lowest BCUT2D eigenvalue weighted by Crippen LogP contribution is -2.64. The number of rotatable bonds is 4. The molecule has 0 saturated heterocycles. The number of carbonyl (C=O) groups is 2. The van der Waals surface area contributed by atoms with Gasteiger partial charge in [-0.15, -0.1) is 11.3 Å². The number of nitrogens with one attached hydrogen (secondary N) is 1. The Morgan fingerprint density at radius 3 is 2.66 bits per heavy atom. The van der Waals surface area contributed by atoms with E-state index >= 15 is 0 Å². The molecule has 3 heterocycles. The molecule has 0 fully saturated rings. The molecule has 1 aliphatic rings. The van der Waals surface area contributed by atoms with Gasteiger partial charge >= 0.3 is 0 Å². The molecule has 0 spiro atoms. The highest BCUT2D eigenvalue weighted by molar-refractivity contribution is 7.16. The van der Waals surface area contributed by atoms with E-state index in [9.17, 15) is 14.0 Å². The summed E-state index contributed by atoms with van der Waals surface area (Å²) in [4.78, 5) is 30.0. The van der Waals surface area contributed by atoms with Crippen LogP contribution >= 0.6 is 11.3 Å². The molecule has 0 radical (unpaired) electrons. The van der Waals surface area contributed by atoms with Crippen LogP contribution in [0.3, 0.4) is 0 Å². The summed E-state index contributed by atoms with van der Waals surface area (Å²) in [5.74, 6) is -0.786. The van der Waals surface area contributed by atoms with E-state index in [-0.39, 0.29) is 24.2 Å². The highest BCUT2D eigenvalue weighted by Crippen LogP contribution is 2.38. The van der Waals surface area contributed by atoms with Gasteiger partial charge in [-0.1, -0.05) is 30.3 Å². The molecular formula is C25H22FN3O2S. The number of fused-ring (bicyclic) bond motifs is 3. The van der Waals surface area contributed by atoms with Gasteiger partial charge in [0.15, 0.2) is 0 Å². The summed E-state index contributed by atoms with van der Waals surface area (Å²) in [5, 5.41) is 5.96. The summed E-state index contributed by atoms with van der Waals surface area (Å²) in [7, 11) is 0. The van der Waals surface area contributed by atoms with Crippen LogP contribution in [0.15, 0.2) is 66.0 Å². The van der Waals surface area contributed by atoms with E-state index in [1.54, 1.807) is 35.3 Å². The van der Waals surface area contributed by atoms with Crippen molar-refractivity contribution in [1.29, 1.82) is 0 Å². The molecule has 1 atom stereocenters. The van der Waals surface area contributed by atoms with Gasteiger partial charge in [-0.2, -0.15) is 0 Å². The van der Waals surface area contributed by atoms with Crippen molar-refractivity contribution < 1.29 is 14.0 Å². The van der Waals surface area contributed by atoms with Crippen molar-refractivity contribution in [1.82, 2.24) is 9.88 Å². The first-order valence-electron chi connectivity index (χ1n) is 10.4. The van der Waals surface area contributed by atoms with Crippen molar-refractivity contribution in [3.63, 3.8) is 0 Å². The Labute approximate surface area is 189 Å². The van der Waals surface area contributed by atoms with Crippen molar-refractivity contribution in [2.75, 3.05) is 4.90 Å². The van der Waals surface area contributed by atoms with Gasteiger partial charge in [0.2, 0.25) is 5.91 Å². The summed E-state index contributed by atoms with van der Waals surface area (Å²) in [6, 6.07) is 17.5. The van der Waals surface area contributed by atoms with Crippen molar-refractivity contribution in [2.24, 2.45) is 0 Å². The highest BCUT2D eigenvalue weighted by Gasteiger charge is 2.49. The number of para-hydroxylation sites is 1. The molecule has 4 aromatic rings. The van der Waals surface area contributed by atoms with Gasteiger partial charge in [0.05, 0.1) is 6.54 Å². The molecule has 7 heteroatoms. The standard InChI is InChI=1S/C25H22FN3O2S/c1-16-5-3-4-6-20(16)29-22(30)21-13-18-11-12-32-23(18)28(21)15-25(29,2)24(31)27-14-17-7-9-19(26)10-8-17/h3-13H,14-15H2,1-2H3,(H,27,31)/t25-/m0/s1. The molecule has 2 aromatic heterocycles. The third-order valence-electron chi connectivity index (χ3n) is 6.10. The molecule has 2 aromatic carbocycles. The van der Waals surface area contributed by atoms with Gasteiger partial charge < -0.3 is 9.88 Å². The zero-order valence-electron chi connectivity index (χ0n) is 17.8. The number of aromatic nitrogens is 1. The van der Waals surface area contributed by atoms with E-state index in [0.29, 0.717) is 17.9 Å². The molecule has 5 nitrogen and oxygen atoms in total. The summed E-state index contributed by atoms with van der Waals surface area (Å²) in [6.45, 7) is 4.32. The Balaban J connectivity index is 1.57. The number of thiophene rings is 1. The van der Waals surface area contributed by atoms with E-state index in [1.165, 1.54) is 12.1 Å². The van der Waals surface area contributed by atoms with Crippen molar-refractivity contribution >= 4 is 39.1 Å². The minimum absolute atomic E-state index is 0.201. The predicted octanol–water partition coefficient (Wildman–Crippen LogP) is 4.89. The lowest BCUT2D eigenvalue weighted by molar-refractivity contribution is -0.126. The first-order chi connectivity index (χ1) is 15.4. The number of amides is 2. The molecule has 32 heavy (non-hydrogen) atoms. The van der Waals surface area contributed by atoms with E-state index in [2.05, 4.69) is 5.32 Å². The Bertz CT molecular complexity index is 1340. The lowest BCUT2D eigenvalue weighted by atomic mass is 9.93. The summed E-state index contributed by atoms with van der Waals surface area (Å²) < 4.78 is 15.2. The van der Waals surface area contributed by atoms with Crippen LogP contribution in [0.25, 0.3) is 10.2 Å². The quantitative estimate of drug-likeness (QED) is 0.485. The molecule has 0 bridgehead atoms. The van der Waals surface area contributed by atoms with Crippen LogP contribution in [-0.4, -0.2) is 21.9 Å². The smallest absolute Gasteiger partial charge is 0.275 e. The average molecular weight is 448 g/mol. The van der Waals surface area contributed by atoms with E-state index in [1.807, 2.05) is 53.3 Å². The van der Waals surface area contributed by atoms with Crippen LogP contribution in [0.5, 0.6) is 0 Å². The number of anilines is 1. The number of nitrogens with zero attached hydrogens (tertiary/aromatic N) is 2. The molecule has 0 unspecified atom stereocenters. The zero-order chi connectivity index (χ0) is 22.5. The summed E-state index contributed by atoms with van der Waals surface area (Å²) in [5.41, 5.74) is 1.86. The Kier molecular flexibility index (Phi) is 4.86. The fraction of sp³-hybridized carbons (Fsp3) is 0.200. The molecular weight excluding hydrogens is 425 g/mol. The normalized spacial score (nSPS) is 18.1. The maximum Gasteiger partial charge on any atom is 0.275 e. The molecule has 0 saturated carbocycles. The minimum atomic E-state index is -1.15. The summed E-state index contributed by atoms with van der Waals surface area (Å²) in [6.07, 6.45) is 0. The topological polar surface area (TPSA) is 54.3 Å². The van der Waals surface area contributed by atoms with Crippen LogP contribution in [0.1, 0.15) is 28.5 Å². The van der Waals surface area contributed by atoms with Gasteiger partial charge in [0.1, 0.15) is 21.9 Å². The first-order valence-corrected chi connectivity index (χ1v) is 11.3. The predicted molar refractivity (Wildman–Crippen MR) is 124 cm³/mol. The van der Waals surface area contributed by atoms with Gasteiger partial charge in [0, 0.05) is 17.6 Å². The molecule has 2 amide bonds. The summed E-state index contributed by atoms with van der Waals surface area (Å²) >= 11 is 1.56. The number of benzene rings is 2. The third-order valence-corrected chi connectivity index (χ3v) is 7.05. The van der Waals surface area contributed by atoms with Gasteiger partial charge in [-0.25, -0.2) is 4.39 Å². The van der Waals surface area contributed by atoms with Gasteiger partial charge in [-0.05, 0) is 60.7 Å². The number of carbonyl (C=O) groups excluding carboxylic acids is 2. The fourth-order valence-electron chi connectivity index (χ4n) is 4.36. The second kappa shape index (κ2) is 7.60. The van der Waals surface area contributed by atoms with Crippen molar-refractivity contribution in [2.45, 2.75) is 32.5 Å². The number of halogens is 1. The maximum atomic E-state index is 13.8. The first kappa shape index (κ1) is 20.5. The Morgan fingerprint density at radius 2 is 1.91 bits per heavy atom. The maximum absolute atomic E-state index is 13.8. The SMILES string of the molecule is Cc1ccccc1N1C(=O)c2cc3ccsc3n2C[C@@]1(C)C(=O)NCc1ccc(F)cc1. The lowest BCUT2D eigenvalue weighted by Gasteiger charge is -2.44. The number of aryl methyl sites for hydroxylation is 1. The number of hydrogen-bond acceptors (Lipinski definition) is 3. The minimum Gasteiger partial charge on any atom is -0.350 e. The molecule has 0 aliphatic carbocycles. The zero-order valence-corrected chi connectivity index (χ0v) is 18.6. The van der Waals surface area contributed by atoms with E-state index in [0.717, 1.165) is 21.3 Å². The average Bonchev–Trinajstić information content (AvgIpc) is 3.37. The van der Waals surface area contributed by atoms with Crippen LogP contribution < -0.4 is 10.2 Å². The monoisotopic (exact) mass is 447 g/mol. The van der Waals surface area contributed by atoms with Crippen LogP contribution in [-0.2, 0) is 17.9 Å². The highest BCUT2D eigenvalue weighted by atomic mass is 32.1. The van der Waals surface area contributed by atoms with Gasteiger partial charge in [-0.3, -0.25) is 14.5 Å². The van der Waals surface area contributed by atoms with Crippen LogP contribution in [0, 0.1) is 12.7 Å². The second-order valence-corrected chi connectivity index (χ2v) is 9.20. The number of hydrogen-bond donors (Lipinski definition) is 1. The van der Waals surface area contributed by atoms with Crippen molar-refractivity contribution in [3.8, 4) is 0 Å². The molecule has 1 aliphatic heterocycles. The van der Waals surface area contributed by atoms with Crippen LogP contribution in [0.4, 0.5) is 10.1 Å². The van der Waals surface area contributed by atoms with E-state index < -0.39 is 5.54 Å². The molecule has 162 valence electrons. The largest absolute Gasteiger partial charge is 0.350 e.